The molecule has 1 rings (SSSR count). The molecule has 1 atom stereocenters. The molecule has 2 nitrogen and oxygen atoms in total. The average molecular weight is 213 g/mol. The van der Waals surface area contributed by atoms with Gasteiger partial charge in [-0.05, 0) is 45.4 Å². The van der Waals surface area contributed by atoms with Gasteiger partial charge in [0.15, 0.2) is 0 Å². The molecule has 0 aliphatic heterocycles. The third-order valence-electron chi connectivity index (χ3n) is 3.32. The van der Waals surface area contributed by atoms with Gasteiger partial charge < -0.3 is 10.1 Å². The number of hydrogen-bond donors (Lipinski definition) is 1. The third-order valence-corrected chi connectivity index (χ3v) is 3.32. The zero-order valence-corrected chi connectivity index (χ0v) is 11.0. The second-order valence-electron chi connectivity index (χ2n) is 6.18. The highest BCUT2D eigenvalue weighted by Crippen LogP contribution is 2.36. The van der Waals surface area contributed by atoms with E-state index in [2.05, 4.69) is 39.9 Å². The van der Waals surface area contributed by atoms with Crippen LogP contribution in [0.3, 0.4) is 0 Å². The van der Waals surface area contributed by atoms with Crippen LogP contribution in [0.25, 0.3) is 0 Å². The zero-order valence-electron chi connectivity index (χ0n) is 11.0. The molecule has 0 spiro atoms. The molecule has 0 aromatic heterocycles. The van der Waals surface area contributed by atoms with E-state index >= 15 is 0 Å². The van der Waals surface area contributed by atoms with Crippen molar-refractivity contribution in [3.63, 3.8) is 0 Å². The normalized spacial score (nSPS) is 25.8. The lowest BCUT2D eigenvalue weighted by Gasteiger charge is -2.27. The SMILES string of the molecule is CCOC(C)(C)CNC1CCC(C)(C)C1. The van der Waals surface area contributed by atoms with Gasteiger partial charge in [0.05, 0.1) is 5.60 Å². The fourth-order valence-corrected chi connectivity index (χ4v) is 2.44. The summed E-state index contributed by atoms with van der Waals surface area (Å²) in [5, 5.41) is 3.64. The first-order valence-corrected chi connectivity index (χ1v) is 6.22. The van der Waals surface area contributed by atoms with Gasteiger partial charge in [-0.1, -0.05) is 13.8 Å². The molecule has 1 aliphatic carbocycles. The van der Waals surface area contributed by atoms with E-state index in [1.807, 2.05) is 0 Å². The molecule has 0 aromatic rings. The highest BCUT2D eigenvalue weighted by Gasteiger charge is 2.31. The largest absolute Gasteiger partial charge is 0.375 e. The summed E-state index contributed by atoms with van der Waals surface area (Å²) in [5.41, 5.74) is 0.509. The predicted molar refractivity (Wildman–Crippen MR) is 65.1 cm³/mol. The fraction of sp³-hybridized carbons (Fsp3) is 1.00. The van der Waals surface area contributed by atoms with Crippen LogP contribution in [0, 0.1) is 5.41 Å². The molecule has 90 valence electrons. The molecule has 1 unspecified atom stereocenters. The summed E-state index contributed by atoms with van der Waals surface area (Å²) in [5.74, 6) is 0. The molecule has 0 amide bonds. The molecule has 1 fully saturated rings. The standard InChI is InChI=1S/C13H27NO/c1-6-15-13(4,5)10-14-11-7-8-12(2,3)9-11/h11,14H,6-10H2,1-5H3. The maximum absolute atomic E-state index is 5.68. The van der Waals surface area contributed by atoms with Crippen LogP contribution in [-0.4, -0.2) is 24.8 Å². The second kappa shape index (κ2) is 4.84. The van der Waals surface area contributed by atoms with Crippen molar-refractivity contribution in [1.82, 2.24) is 5.32 Å². The summed E-state index contributed by atoms with van der Waals surface area (Å²) in [6.07, 6.45) is 3.96. The summed E-state index contributed by atoms with van der Waals surface area (Å²) in [6.45, 7) is 12.9. The summed E-state index contributed by atoms with van der Waals surface area (Å²) in [6, 6.07) is 0.694. The van der Waals surface area contributed by atoms with E-state index in [1.165, 1.54) is 19.3 Å². The quantitative estimate of drug-likeness (QED) is 0.758. The van der Waals surface area contributed by atoms with Gasteiger partial charge in [0.2, 0.25) is 0 Å². The van der Waals surface area contributed by atoms with Gasteiger partial charge in [0.25, 0.3) is 0 Å². The van der Waals surface area contributed by atoms with Crippen LogP contribution in [-0.2, 0) is 4.74 Å². The molecule has 0 radical (unpaired) electrons. The number of rotatable bonds is 5. The maximum Gasteiger partial charge on any atom is 0.0750 e. The number of hydrogen-bond acceptors (Lipinski definition) is 2. The van der Waals surface area contributed by atoms with Gasteiger partial charge in [-0.15, -0.1) is 0 Å². The Morgan fingerprint density at radius 3 is 2.53 bits per heavy atom. The van der Waals surface area contributed by atoms with Crippen LogP contribution in [0.2, 0.25) is 0 Å². The van der Waals surface area contributed by atoms with E-state index < -0.39 is 0 Å². The summed E-state index contributed by atoms with van der Waals surface area (Å²) in [4.78, 5) is 0. The lowest BCUT2D eigenvalue weighted by atomic mass is 9.92. The Bertz CT molecular complexity index is 199. The van der Waals surface area contributed by atoms with Crippen LogP contribution in [0.15, 0.2) is 0 Å². The molecule has 2 heteroatoms. The van der Waals surface area contributed by atoms with Crippen molar-refractivity contribution in [2.24, 2.45) is 5.41 Å². The van der Waals surface area contributed by atoms with Crippen LogP contribution in [0.5, 0.6) is 0 Å². The summed E-state index contributed by atoms with van der Waals surface area (Å²) < 4.78 is 5.68. The predicted octanol–water partition coefficient (Wildman–Crippen LogP) is 2.97. The summed E-state index contributed by atoms with van der Waals surface area (Å²) in [7, 11) is 0. The smallest absolute Gasteiger partial charge is 0.0750 e. The molecule has 1 aliphatic rings. The van der Waals surface area contributed by atoms with Gasteiger partial charge in [0, 0.05) is 19.2 Å². The minimum atomic E-state index is -0.0263. The van der Waals surface area contributed by atoms with E-state index in [4.69, 9.17) is 4.74 Å². The maximum atomic E-state index is 5.68. The Hall–Kier alpha value is -0.0800. The molecule has 0 saturated heterocycles. The minimum Gasteiger partial charge on any atom is -0.375 e. The summed E-state index contributed by atoms with van der Waals surface area (Å²) >= 11 is 0. The van der Waals surface area contributed by atoms with Crippen molar-refractivity contribution >= 4 is 0 Å². The van der Waals surface area contributed by atoms with Crippen LogP contribution >= 0.6 is 0 Å². The average Bonchev–Trinajstić information content (AvgIpc) is 2.42. The lowest BCUT2D eigenvalue weighted by Crippen LogP contribution is -2.41. The zero-order chi connectivity index (χ0) is 11.5. The van der Waals surface area contributed by atoms with Gasteiger partial charge >= 0.3 is 0 Å². The Morgan fingerprint density at radius 1 is 1.40 bits per heavy atom. The topological polar surface area (TPSA) is 21.3 Å². The van der Waals surface area contributed by atoms with Crippen LogP contribution < -0.4 is 5.32 Å². The van der Waals surface area contributed by atoms with Crippen molar-refractivity contribution in [2.75, 3.05) is 13.2 Å². The van der Waals surface area contributed by atoms with Crippen molar-refractivity contribution < 1.29 is 4.74 Å². The van der Waals surface area contributed by atoms with Crippen LogP contribution in [0.1, 0.15) is 53.9 Å². The molecule has 0 heterocycles. The monoisotopic (exact) mass is 213 g/mol. The van der Waals surface area contributed by atoms with E-state index in [1.54, 1.807) is 0 Å². The van der Waals surface area contributed by atoms with Gasteiger partial charge in [0.1, 0.15) is 0 Å². The van der Waals surface area contributed by atoms with Gasteiger partial charge in [-0.2, -0.15) is 0 Å². The van der Waals surface area contributed by atoms with Crippen LogP contribution in [0.4, 0.5) is 0 Å². The number of ether oxygens (including phenoxy) is 1. The van der Waals surface area contributed by atoms with E-state index in [-0.39, 0.29) is 5.60 Å². The van der Waals surface area contributed by atoms with Gasteiger partial charge in [-0.3, -0.25) is 0 Å². The van der Waals surface area contributed by atoms with Crippen molar-refractivity contribution in [1.29, 1.82) is 0 Å². The molecular formula is C13H27NO. The lowest BCUT2D eigenvalue weighted by molar-refractivity contribution is -0.0106. The molecular weight excluding hydrogens is 186 g/mol. The molecule has 15 heavy (non-hydrogen) atoms. The Kier molecular flexibility index (Phi) is 4.19. The van der Waals surface area contributed by atoms with Gasteiger partial charge in [-0.25, -0.2) is 0 Å². The van der Waals surface area contributed by atoms with E-state index in [9.17, 15) is 0 Å². The first-order valence-electron chi connectivity index (χ1n) is 6.22. The highest BCUT2D eigenvalue weighted by atomic mass is 16.5. The van der Waals surface area contributed by atoms with Crippen molar-refractivity contribution in [2.45, 2.75) is 65.5 Å². The van der Waals surface area contributed by atoms with E-state index in [0.29, 0.717) is 11.5 Å². The Morgan fingerprint density at radius 2 is 2.07 bits per heavy atom. The number of nitrogens with one attached hydrogen (secondary N) is 1. The van der Waals surface area contributed by atoms with Crippen molar-refractivity contribution in [3.8, 4) is 0 Å². The second-order valence-corrected chi connectivity index (χ2v) is 6.18. The third kappa shape index (κ3) is 4.52. The molecule has 1 N–H and O–H groups in total. The minimum absolute atomic E-state index is 0.0263. The Labute approximate surface area is 94.8 Å². The first kappa shape index (κ1) is 13.0. The van der Waals surface area contributed by atoms with Crippen molar-refractivity contribution in [3.05, 3.63) is 0 Å². The van der Waals surface area contributed by atoms with E-state index in [0.717, 1.165) is 13.2 Å². The molecule has 1 saturated carbocycles. The molecule has 0 aromatic carbocycles. The first-order chi connectivity index (χ1) is 6.85. The fourth-order valence-electron chi connectivity index (χ4n) is 2.44. The Balaban J connectivity index is 2.26. The molecule has 0 bridgehead atoms. The highest BCUT2D eigenvalue weighted by molar-refractivity contribution is 4.87.